The minimum absolute atomic E-state index is 0.101. The van der Waals surface area contributed by atoms with E-state index in [2.05, 4.69) is 41.2 Å². The number of para-hydroxylation sites is 2. The Labute approximate surface area is 134 Å². The number of imidazole rings is 1. The molecule has 1 fully saturated rings. The van der Waals surface area contributed by atoms with Crippen LogP contribution in [0.25, 0.3) is 11.0 Å². The predicted octanol–water partition coefficient (Wildman–Crippen LogP) is 2.50. The normalized spacial score (nSPS) is 23.6. The lowest BCUT2D eigenvalue weighted by molar-refractivity contribution is 0.295. The van der Waals surface area contributed by atoms with Crippen LogP contribution in [0, 0.1) is 0 Å². The van der Waals surface area contributed by atoms with Crippen LogP contribution >= 0.6 is 0 Å². The molecule has 6 nitrogen and oxygen atoms in total. The second-order valence-electron chi connectivity index (χ2n) is 7.35. The van der Waals surface area contributed by atoms with E-state index in [0.29, 0.717) is 12.4 Å². The third-order valence-corrected chi connectivity index (χ3v) is 4.61. The number of hydrogen-bond acceptors (Lipinski definition) is 5. The monoisotopic (exact) mass is 311 g/mol. The van der Waals surface area contributed by atoms with Crippen molar-refractivity contribution in [2.75, 3.05) is 6.54 Å². The first-order valence-corrected chi connectivity index (χ1v) is 7.93. The first-order chi connectivity index (χ1) is 11.0. The molecule has 0 radical (unpaired) electrons. The fourth-order valence-electron chi connectivity index (χ4n) is 3.54. The number of nitrogens with zero attached hydrogens (tertiary/aromatic N) is 4. The van der Waals surface area contributed by atoms with Gasteiger partial charge in [-0.25, -0.2) is 4.98 Å². The summed E-state index contributed by atoms with van der Waals surface area (Å²) < 4.78 is 7.62. The van der Waals surface area contributed by atoms with Crippen molar-refractivity contribution >= 4 is 11.0 Å². The summed E-state index contributed by atoms with van der Waals surface area (Å²) in [5, 5.41) is 7.69. The summed E-state index contributed by atoms with van der Waals surface area (Å²) in [5.41, 5.74) is 2.05. The Kier molecular flexibility index (Phi) is 3.06. The predicted molar refractivity (Wildman–Crippen MR) is 87.2 cm³/mol. The fraction of sp³-hybridized carbons (Fsp3) is 0.471. The highest BCUT2D eigenvalue weighted by atomic mass is 16.5. The summed E-state index contributed by atoms with van der Waals surface area (Å²) in [6.07, 6.45) is 2.80. The minimum atomic E-state index is -0.105. The number of nitrogens with one attached hydrogen (secondary N) is 1. The van der Waals surface area contributed by atoms with Crippen LogP contribution in [0.1, 0.15) is 38.9 Å². The van der Waals surface area contributed by atoms with Gasteiger partial charge in [0, 0.05) is 12.1 Å². The van der Waals surface area contributed by atoms with Gasteiger partial charge in [0.25, 0.3) is 0 Å². The smallest absolute Gasteiger partial charge is 0.234 e. The van der Waals surface area contributed by atoms with Crippen molar-refractivity contribution < 1.29 is 4.52 Å². The van der Waals surface area contributed by atoms with Gasteiger partial charge in [-0.05, 0) is 39.3 Å². The van der Waals surface area contributed by atoms with Gasteiger partial charge in [-0.3, -0.25) is 0 Å². The maximum atomic E-state index is 5.57. The SMILES string of the molecule is CC1(C)CC(C)(c2nc(Cn3cnc4ccccc43)no2)CN1. The molecule has 0 amide bonds. The maximum absolute atomic E-state index is 5.57. The van der Waals surface area contributed by atoms with Gasteiger partial charge < -0.3 is 14.4 Å². The molecule has 3 aromatic rings. The van der Waals surface area contributed by atoms with Crippen LogP contribution in [0.4, 0.5) is 0 Å². The Bertz CT molecular complexity index is 849. The minimum Gasteiger partial charge on any atom is -0.339 e. The molecule has 23 heavy (non-hydrogen) atoms. The Balaban J connectivity index is 1.59. The molecular formula is C17H21N5O. The zero-order valence-electron chi connectivity index (χ0n) is 13.7. The lowest BCUT2D eigenvalue weighted by Gasteiger charge is -2.20. The highest BCUT2D eigenvalue weighted by Gasteiger charge is 2.44. The second kappa shape index (κ2) is 4.89. The van der Waals surface area contributed by atoms with Gasteiger partial charge in [0.05, 0.1) is 29.3 Å². The summed E-state index contributed by atoms with van der Waals surface area (Å²) >= 11 is 0. The third kappa shape index (κ3) is 2.53. The van der Waals surface area contributed by atoms with Crippen LogP contribution in [0.15, 0.2) is 35.1 Å². The Morgan fingerprint density at radius 2 is 2.09 bits per heavy atom. The van der Waals surface area contributed by atoms with E-state index < -0.39 is 0 Å². The van der Waals surface area contributed by atoms with Gasteiger partial charge in [0.1, 0.15) is 0 Å². The van der Waals surface area contributed by atoms with Crippen molar-refractivity contribution in [2.24, 2.45) is 0 Å². The third-order valence-electron chi connectivity index (χ3n) is 4.61. The van der Waals surface area contributed by atoms with E-state index in [9.17, 15) is 0 Å². The Morgan fingerprint density at radius 1 is 1.26 bits per heavy atom. The molecule has 2 aromatic heterocycles. The summed E-state index contributed by atoms with van der Waals surface area (Å²) in [4.78, 5) is 9.04. The number of rotatable bonds is 3. The second-order valence-corrected chi connectivity index (χ2v) is 7.35. The molecule has 4 rings (SSSR count). The molecule has 0 saturated carbocycles. The molecule has 1 atom stereocenters. The van der Waals surface area contributed by atoms with Gasteiger partial charge in [0.15, 0.2) is 5.82 Å². The highest BCUT2D eigenvalue weighted by Crippen LogP contribution is 2.36. The summed E-state index contributed by atoms with van der Waals surface area (Å²) in [6.45, 7) is 8.01. The molecule has 120 valence electrons. The van der Waals surface area contributed by atoms with Crippen molar-refractivity contribution in [3.05, 3.63) is 42.3 Å². The van der Waals surface area contributed by atoms with Crippen molar-refractivity contribution in [1.29, 1.82) is 0 Å². The number of benzene rings is 1. The molecule has 1 N–H and O–H groups in total. The molecule has 6 heteroatoms. The summed E-state index contributed by atoms with van der Waals surface area (Å²) in [6, 6.07) is 8.05. The average Bonchev–Trinajstić information content (AvgIpc) is 3.19. The molecule has 0 bridgehead atoms. The molecule has 3 heterocycles. The van der Waals surface area contributed by atoms with Crippen LogP contribution in [0.2, 0.25) is 0 Å². The highest BCUT2D eigenvalue weighted by molar-refractivity contribution is 5.74. The summed E-state index contributed by atoms with van der Waals surface area (Å²) in [5.74, 6) is 1.41. The van der Waals surface area contributed by atoms with Crippen molar-refractivity contribution in [2.45, 2.75) is 44.7 Å². The largest absolute Gasteiger partial charge is 0.339 e. The van der Waals surface area contributed by atoms with E-state index >= 15 is 0 Å². The average molecular weight is 311 g/mol. The van der Waals surface area contributed by atoms with E-state index in [1.54, 1.807) is 0 Å². The molecule has 0 aliphatic carbocycles. The Hall–Kier alpha value is -2.21. The molecular weight excluding hydrogens is 290 g/mol. The molecule has 1 aliphatic heterocycles. The standard InChI is InChI=1S/C17H21N5O/c1-16(2)9-17(3,10-19-16)15-20-14(21-23-15)8-22-11-18-12-6-4-5-7-13(12)22/h4-7,11,19H,8-10H2,1-3H3. The molecule has 0 spiro atoms. The van der Waals surface area contributed by atoms with Gasteiger partial charge in [0.2, 0.25) is 5.89 Å². The lowest BCUT2D eigenvalue weighted by atomic mass is 9.84. The quantitative estimate of drug-likeness (QED) is 0.805. The van der Waals surface area contributed by atoms with Crippen LogP contribution in [0.5, 0.6) is 0 Å². The molecule has 1 saturated heterocycles. The topological polar surface area (TPSA) is 68.8 Å². The maximum Gasteiger partial charge on any atom is 0.234 e. The molecule has 1 aliphatic rings. The molecule has 1 unspecified atom stereocenters. The van der Waals surface area contributed by atoms with E-state index in [1.807, 2.05) is 35.2 Å². The van der Waals surface area contributed by atoms with E-state index in [1.165, 1.54) is 0 Å². The number of fused-ring (bicyclic) bond motifs is 1. The zero-order valence-corrected chi connectivity index (χ0v) is 13.7. The van der Waals surface area contributed by atoms with Crippen LogP contribution in [0.3, 0.4) is 0 Å². The van der Waals surface area contributed by atoms with Gasteiger partial charge >= 0.3 is 0 Å². The van der Waals surface area contributed by atoms with Crippen LogP contribution < -0.4 is 5.32 Å². The van der Waals surface area contributed by atoms with Crippen molar-refractivity contribution in [3.63, 3.8) is 0 Å². The van der Waals surface area contributed by atoms with Crippen LogP contribution in [-0.4, -0.2) is 31.8 Å². The first-order valence-electron chi connectivity index (χ1n) is 7.93. The number of hydrogen-bond donors (Lipinski definition) is 1. The molecule has 1 aromatic carbocycles. The van der Waals surface area contributed by atoms with Gasteiger partial charge in [-0.1, -0.05) is 17.3 Å². The van der Waals surface area contributed by atoms with Gasteiger partial charge in [-0.15, -0.1) is 0 Å². The lowest BCUT2D eigenvalue weighted by Crippen LogP contribution is -2.31. The summed E-state index contributed by atoms with van der Waals surface area (Å²) in [7, 11) is 0. The van der Waals surface area contributed by atoms with E-state index in [4.69, 9.17) is 4.52 Å². The first kappa shape index (κ1) is 14.4. The Morgan fingerprint density at radius 3 is 2.87 bits per heavy atom. The van der Waals surface area contributed by atoms with Crippen molar-refractivity contribution in [1.82, 2.24) is 25.0 Å². The van der Waals surface area contributed by atoms with Crippen LogP contribution in [-0.2, 0) is 12.0 Å². The van der Waals surface area contributed by atoms with Gasteiger partial charge in [-0.2, -0.15) is 4.98 Å². The van der Waals surface area contributed by atoms with Crippen molar-refractivity contribution in [3.8, 4) is 0 Å². The van der Waals surface area contributed by atoms with E-state index in [0.717, 1.165) is 29.9 Å². The fourth-order valence-corrected chi connectivity index (χ4v) is 3.54. The number of aromatic nitrogens is 4. The zero-order chi connectivity index (χ0) is 16.1. The van der Waals surface area contributed by atoms with E-state index in [-0.39, 0.29) is 11.0 Å².